The number of rotatable bonds is 12. The molecule has 0 atom stereocenters. The number of nitrogens with two attached hydrogens (primary N) is 2. The van der Waals surface area contributed by atoms with Crippen LogP contribution in [0.1, 0.15) is 74.4 Å². The van der Waals surface area contributed by atoms with Crippen molar-refractivity contribution in [2.45, 2.75) is 77.2 Å². The Morgan fingerprint density at radius 3 is 2.27 bits per heavy atom. The fourth-order valence-electron chi connectivity index (χ4n) is 5.33. The molecular weight excluding hydrogens is 496 g/mol. The highest BCUT2D eigenvalue weighted by Crippen LogP contribution is 2.29. The lowest BCUT2D eigenvalue weighted by atomic mass is 9.88. The van der Waals surface area contributed by atoms with Gasteiger partial charge in [0.25, 0.3) is 0 Å². The molecule has 4 rings (SSSR count). The van der Waals surface area contributed by atoms with Crippen LogP contribution in [0.25, 0.3) is 5.70 Å². The molecule has 1 saturated heterocycles. The summed E-state index contributed by atoms with van der Waals surface area (Å²) in [5, 5.41) is 6.84. The highest BCUT2D eigenvalue weighted by Gasteiger charge is 2.39. The molecule has 214 valence electrons. The molecule has 2 aliphatic heterocycles. The Labute approximate surface area is 239 Å². The van der Waals surface area contributed by atoms with E-state index in [0.717, 1.165) is 64.6 Å². The van der Waals surface area contributed by atoms with Gasteiger partial charge in [0.15, 0.2) is 11.8 Å². The predicted molar refractivity (Wildman–Crippen MR) is 168 cm³/mol. The van der Waals surface area contributed by atoms with Crippen LogP contribution in [0.4, 0.5) is 11.6 Å². The fourth-order valence-corrected chi connectivity index (χ4v) is 5.33. The van der Waals surface area contributed by atoms with Gasteiger partial charge in [0, 0.05) is 18.8 Å². The number of benzene rings is 1. The second-order valence-corrected chi connectivity index (χ2v) is 11.3. The van der Waals surface area contributed by atoms with Gasteiger partial charge in [-0.1, -0.05) is 62.9 Å². The van der Waals surface area contributed by atoms with Crippen molar-refractivity contribution >= 4 is 23.3 Å². The molecule has 1 aromatic carbocycles. The lowest BCUT2D eigenvalue weighted by molar-refractivity contribution is 0.189. The fraction of sp³-hybridized carbons (Fsp3) is 0.469. The van der Waals surface area contributed by atoms with E-state index in [0.29, 0.717) is 28.9 Å². The summed E-state index contributed by atoms with van der Waals surface area (Å²) >= 11 is 0. The first-order chi connectivity index (χ1) is 19.2. The van der Waals surface area contributed by atoms with Crippen LogP contribution in [0.15, 0.2) is 60.3 Å². The second kappa shape index (κ2) is 13.0. The Hall–Kier alpha value is -3.81. The maximum absolute atomic E-state index is 6.02. The van der Waals surface area contributed by atoms with E-state index >= 15 is 0 Å². The van der Waals surface area contributed by atoms with Gasteiger partial charge in [0.2, 0.25) is 0 Å². The molecule has 0 saturated carbocycles. The van der Waals surface area contributed by atoms with Gasteiger partial charge >= 0.3 is 0 Å². The Balaban J connectivity index is 1.19. The minimum absolute atomic E-state index is 0.0503. The smallest absolute Gasteiger partial charge is 0.196 e. The van der Waals surface area contributed by atoms with E-state index in [1.54, 1.807) is 6.92 Å². The third-order valence-electron chi connectivity index (χ3n) is 8.16. The summed E-state index contributed by atoms with van der Waals surface area (Å²) in [5.41, 5.74) is 18.8. The van der Waals surface area contributed by atoms with Crippen molar-refractivity contribution in [2.75, 3.05) is 31.1 Å². The number of aromatic nitrogens is 2. The number of hydrogen-bond acceptors (Lipinski definition) is 8. The van der Waals surface area contributed by atoms with Crippen LogP contribution in [0.5, 0.6) is 0 Å². The SMILES string of the molecule is C=C(CCCC)CCc1ccc(CCC(=C)N2CCC3(CC2)CN=C(NC(=C)c2nc(C)c(N)nc2N)N3)cc1. The van der Waals surface area contributed by atoms with Gasteiger partial charge in [-0.2, -0.15) is 0 Å². The monoisotopic (exact) mass is 542 g/mol. The minimum atomic E-state index is -0.0503. The van der Waals surface area contributed by atoms with Crippen molar-refractivity contribution in [3.8, 4) is 0 Å². The highest BCUT2D eigenvalue weighted by atomic mass is 15.3. The molecule has 1 fully saturated rings. The highest BCUT2D eigenvalue weighted by molar-refractivity contribution is 5.91. The molecule has 8 heteroatoms. The molecular formula is C32H46N8. The number of likely N-dealkylation sites (tertiary alicyclic amines) is 1. The Bertz CT molecular complexity index is 1250. The lowest BCUT2D eigenvalue weighted by Gasteiger charge is -2.41. The average Bonchev–Trinajstić information content (AvgIpc) is 3.33. The van der Waals surface area contributed by atoms with Gasteiger partial charge < -0.3 is 27.0 Å². The molecule has 0 aliphatic carbocycles. The summed E-state index contributed by atoms with van der Waals surface area (Å²) in [6.45, 7) is 19.4. The number of hydrogen-bond donors (Lipinski definition) is 4. The van der Waals surface area contributed by atoms with E-state index < -0.39 is 0 Å². The number of aliphatic imine (C=N–C) groups is 1. The number of unbranched alkanes of at least 4 members (excludes halogenated alkanes) is 1. The van der Waals surface area contributed by atoms with Crippen LogP contribution in [-0.2, 0) is 12.8 Å². The van der Waals surface area contributed by atoms with E-state index in [1.807, 2.05) is 0 Å². The van der Waals surface area contributed by atoms with Crippen molar-refractivity contribution in [1.29, 1.82) is 0 Å². The van der Waals surface area contributed by atoms with Crippen LogP contribution in [0.3, 0.4) is 0 Å². The number of piperidine rings is 1. The predicted octanol–water partition coefficient (Wildman–Crippen LogP) is 5.13. The Morgan fingerprint density at radius 1 is 0.975 bits per heavy atom. The standard InChI is InChI=1S/C32H46N8/c1-6-7-8-22(2)9-11-26-13-15-27(16-14-26)12-10-23(3)40-19-17-32(18-20-40)21-35-31(39-32)37-24(4)28-30(34)38-29(33)25(5)36-28/h13-16H,2-4,6-12,17-21H2,1,5H3,(H4,33,34,38)(H2,35,37,39). The molecule has 0 bridgehead atoms. The molecule has 6 N–H and O–H groups in total. The van der Waals surface area contributed by atoms with Crippen molar-refractivity contribution < 1.29 is 0 Å². The van der Waals surface area contributed by atoms with Crippen LogP contribution in [0.2, 0.25) is 0 Å². The maximum atomic E-state index is 6.02. The summed E-state index contributed by atoms with van der Waals surface area (Å²) < 4.78 is 0. The van der Waals surface area contributed by atoms with Gasteiger partial charge in [-0.25, -0.2) is 9.97 Å². The van der Waals surface area contributed by atoms with Crippen molar-refractivity contribution in [1.82, 2.24) is 25.5 Å². The normalized spacial score (nSPS) is 15.9. The summed E-state index contributed by atoms with van der Waals surface area (Å²) in [4.78, 5) is 15.7. The Morgan fingerprint density at radius 2 is 1.62 bits per heavy atom. The molecule has 2 aromatic rings. The van der Waals surface area contributed by atoms with Crippen LogP contribution >= 0.6 is 0 Å². The summed E-state index contributed by atoms with van der Waals surface area (Å²) in [7, 11) is 0. The number of nitrogens with zero attached hydrogens (tertiary/aromatic N) is 4. The van der Waals surface area contributed by atoms with Gasteiger partial charge in [0.1, 0.15) is 11.5 Å². The minimum Gasteiger partial charge on any atom is -0.382 e. The molecule has 1 spiro atoms. The molecule has 0 unspecified atom stereocenters. The average molecular weight is 543 g/mol. The zero-order valence-corrected chi connectivity index (χ0v) is 24.4. The van der Waals surface area contributed by atoms with Gasteiger partial charge in [-0.15, -0.1) is 0 Å². The van der Waals surface area contributed by atoms with E-state index in [4.69, 9.17) is 16.5 Å². The molecule has 1 aromatic heterocycles. The molecule has 40 heavy (non-hydrogen) atoms. The van der Waals surface area contributed by atoms with Crippen LogP contribution in [0, 0.1) is 6.92 Å². The first-order valence-electron chi connectivity index (χ1n) is 14.5. The first-order valence-corrected chi connectivity index (χ1v) is 14.5. The molecule has 0 amide bonds. The van der Waals surface area contributed by atoms with E-state index in [1.165, 1.54) is 35.2 Å². The summed E-state index contributed by atoms with van der Waals surface area (Å²) in [6.07, 6.45) is 9.77. The first kappa shape index (κ1) is 29.2. The van der Waals surface area contributed by atoms with Crippen molar-refractivity contribution in [3.63, 3.8) is 0 Å². The molecule has 3 heterocycles. The summed E-state index contributed by atoms with van der Waals surface area (Å²) in [5.74, 6) is 1.27. The van der Waals surface area contributed by atoms with E-state index in [-0.39, 0.29) is 11.4 Å². The van der Waals surface area contributed by atoms with E-state index in [9.17, 15) is 0 Å². The molecule has 8 nitrogen and oxygen atoms in total. The number of guanidine groups is 1. The van der Waals surface area contributed by atoms with Crippen LogP contribution < -0.4 is 22.1 Å². The zero-order valence-electron chi connectivity index (χ0n) is 24.4. The van der Waals surface area contributed by atoms with Crippen LogP contribution in [-0.4, -0.2) is 46.0 Å². The van der Waals surface area contributed by atoms with Crippen molar-refractivity contribution in [2.24, 2.45) is 4.99 Å². The van der Waals surface area contributed by atoms with Gasteiger partial charge in [-0.3, -0.25) is 4.99 Å². The number of allylic oxidation sites excluding steroid dienone is 2. The number of anilines is 2. The largest absolute Gasteiger partial charge is 0.382 e. The summed E-state index contributed by atoms with van der Waals surface area (Å²) in [6, 6.07) is 9.10. The quantitative estimate of drug-likeness (QED) is 0.275. The number of aryl methyl sites for hydroxylation is 3. The molecule has 2 aliphatic rings. The van der Waals surface area contributed by atoms with Gasteiger partial charge in [0.05, 0.1) is 23.5 Å². The molecule has 0 radical (unpaired) electrons. The van der Waals surface area contributed by atoms with E-state index in [2.05, 4.69) is 76.4 Å². The topological polar surface area (TPSA) is 117 Å². The number of nitrogens with one attached hydrogen (secondary N) is 2. The van der Waals surface area contributed by atoms with Gasteiger partial charge in [-0.05, 0) is 69.4 Å². The van der Waals surface area contributed by atoms with Crippen molar-refractivity contribution in [3.05, 3.63) is 77.8 Å². The third-order valence-corrected chi connectivity index (χ3v) is 8.16. The zero-order chi connectivity index (χ0) is 28.7. The Kier molecular flexibility index (Phi) is 9.50. The second-order valence-electron chi connectivity index (χ2n) is 11.3. The lowest BCUT2D eigenvalue weighted by Crippen LogP contribution is -2.55. The number of nitrogen functional groups attached to an aromatic ring is 2. The third kappa shape index (κ3) is 7.43. The maximum Gasteiger partial charge on any atom is 0.196 e.